The summed E-state index contributed by atoms with van der Waals surface area (Å²) in [5.74, 6) is -0.417. The second-order valence-electron chi connectivity index (χ2n) is 4.42. The van der Waals surface area contributed by atoms with Crippen LogP contribution in [0.25, 0.3) is 0 Å². The number of rotatable bonds is 5. The molecule has 1 saturated heterocycles. The Morgan fingerprint density at radius 3 is 2.59 bits per heavy atom. The number of carbonyl (C=O) groups excluding carboxylic acids is 2. The molecule has 0 amide bonds. The normalized spacial score (nSPS) is 27.8. The minimum absolute atomic E-state index is 0.188. The maximum Gasteiger partial charge on any atom is 0.326 e. The zero-order chi connectivity index (χ0) is 12.9. The molecule has 0 aromatic heterocycles. The number of hydrogen-bond donors (Lipinski definition) is 1. The predicted octanol–water partition coefficient (Wildman–Crippen LogP) is 1.01. The van der Waals surface area contributed by atoms with Crippen LogP contribution in [0.2, 0.25) is 0 Å². The number of nitrogens with one attached hydrogen (secondary N) is 1. The molecular formula is C12H21NO4. The molecule has 0 aromatic rings. The van der Waals surface area contributed by atoms with Gasteiger partial charge in [0.2, 0.25) is 0 Å². The first kappa shape index (κ1) is 14.0. The minimum atomic E-state index is -0.560. The molecule has 0 bridgehead atoms. The van der Waals surface area contributed by atoms with Crippen LogP contribution in [0.3, 0.4) is 0 Å². The molecule has 2 atom stereocenters. The summed E-state index contributed by atoms with van der Waals surface area (Å²) in [7, 11) is 2.79. The molecule has 1 aliphatic rings. The zero-order valence-corrected chi connectivity index (χ0v) is 10.7. The van der Waals surface area contributed by atoms with Crippen LogP contribution >= 0.6 is 0 Å². The van der Waals surface area contributed by atoms with Gasteiger partial charge in [0, 0.05) is 12.5 Å². The number of esters is 2. The van der Waals surface area contributed by atoms with Gasteiger partial charge < -0.3 is 9.47 Å². The Labute approximate surface area is 102 Å². The largest absolute Gasteiger partial charge is 0.469 e. The van der Waals surface area contributed by atoms with Crippen molar-refractivity contribution in [1.29, 1.82) is 0 Å². The van der Waals surface area contributed by atoms with E-state index in [1.807, 2.05) is 6.92 Å². The van der Waals surface area contributed by atoms with Gasteiger partial charge in [0.15, 0.2) is 0 Å². The number of hydrogen-bond acceptors (Lipinski definition) is 5. The van der Waals surface area contributed by atoms with E-state index >= 15 is 0 Å². The summed E-state index contributed by atoms with van der Waals surface area (Å²) in [6.07, 6.45) is 3.44. The number of methoxy groups -OCH3 is 2. The van der Waals surface area contributed by atoms with Gasteiger partial charge >= 0.3 is 11.9 Å². The molecule has 1 fully saturated rings. The van der Waals surface area contributed by atoms with E-state index in [0.29, 0.717) is 19.3 Å². The van der Waals surface area contributed by atoms with Crippen LogP contribution in [0.4, 0.5) is 0 Å². The first-order valence-corrected chi connectivity index (χ1v) is 6.01. The van der Waals surface area contributed by atoms with Crippen molar-refractivity contribution < 1.29 is 19.1 Å². The fraction of sp³-hybridized carbons (Fsp3) is 0.833. The summed E-state index contributed by atoms with van der Waals surface area (Å²) < 4.78 is 9.43. The van der Waals surface area contributed by atoms with Crippen molar-refractivity contribution in [3.8, 4) is 0 Å². The highest BCUT2D eigenvalue weighted by Crippen LogP contribution is 2.29. The Bertz CT molecular complexity index is 292. The lowest BCUT2D eigenvalue weighted by molar-refractivity contribution is -0.148. The molecule has 1 heterocycles. The van der Waals surface area contributed by atoms with Crippen molar-refractivity contribution in [2.75, 3.05) is 14.2 Å². The number of ether oxygens (including phenoxy) is 2. The Morgan fingerprint density at radius 2 is 2.06 bits per heavy atom. The molecule has 1 aliphatic heterocycles. The van der Waals surface area contributed by atoms with Gasteiger partial charge in [-0.2, -0.15) is 0 Å². The first-order valence-electron chi connectivity index (χ1n) is 6.01. The Balaban J connectivity index is 2.50. The summed E-state index contributed by atoms with van der Waals surface area (Å²) in [5, 5.41) is 3.30. The van der Waals surface area contributed by atoms with E-state index in [4.69, 9.17) is 4.74 Å². The zero-order valence-electron chi connectivity index (χ0n) is 10.7. The van der Waals surface area contributed by atoms with Crippen molar-refractivity contribution in [3.05, 3.63) is 0 Å². The highest BCUT2D eigenvalue weighted by Gasteiger charge is 2.44. The molecule has 5 nitrogen and oxygen atoms in total. The van der Waals surface area contributed by atoms with Gasteiger partial charge in [-0.1, -0.05) is 6.92 Å². The molecule has 98 valence electrons. The molecule has 5 heteroatoms. The molecule has 0 unspecified atom stereocenters. The third-order valence-corrected chi connectivity index (χ3v) is 3.50. The Hall–Kier alpha value is -1.10. The monoisotopic (exact) mass is 243 g/mol. The lowest BCUT2D eigenvalue weighted by Crippen LogP contribution is -2.50. The third-order valence-electron chi connectivity index (χ3n) is 3.50. The minimum Gasteiger partial charge on any atom is -0.469 e. The van der Waals surface area contributed by atoms with E-state index < -0.39 is 5.54 Å². The highest BCUT2D eigenvalue weighted by molar-refractivity contribution is 5.81. The van der Waals surface area contributed by atoms with Crippen molar-refractivity contribution in [2.24, 2.45) is 0 Å². The molecule has 0 saturated carbocycles. The first-order chi connectivity index (χ1) is 8.07. The second-order valence-corrected chi connectivity index (χ2v) is 4.42. The van der Waals surface area contributed by atoms with Crippen LogP contribution in [-0.4, -0.2) is 37.7 Å². The lowest BCUT2D eigenvalue weighted by Gasteiger charge is -2.26. The maximum atomic E-state index is 11.7. The van der Waals surface area contributed by atoms with Crippen molar-refractivity contribution in [2.45, 2.75) is 50.6 Å². The van der Waals surface area contributed by atoms with Crippen molar-refractivity contribution >= 4 is 11.9 Å². The van der Waals surface area contributed by atoms with Crippen LogP contribution < -0.4 is 5.32 Å². The van der Waals surface area contributed by atoms with Crippen LogP contribution in [0.5, 0.6) is 0 Å². The average molecular weight is 243 g/mol. The van der Waals surface area contributed by atoms with Gasteiger partial charge in [-0.25, -0.2) is 0 Å². The molecule has 1 N–H and O–H groups in total. The Kier molecular flexibility index (Phi) is 4.93. The highest BCUT2D eigenvalue weighted by atomic mass is 16.5. The van der Waals surface area contributed by atoms with E-state index in [1.54, 1.807) is 0 Å². The maximum absolute atomic E-state index is 11.7. The fourth-order valence-corrected chi connectivity index (χ4v) is 2.35. The fourth-order valence-electron chi connectivity index (χ4n) is 2.35. The van der Waals surface area contributed by atoms with Crippen LogP contribution in [0, 0.1) is 0 Å². The summed E-state index contributed by atoms with van der Waals surface area (Å²) >= 11 is 0. The van der Waals surface area contributed by atoms with Crippen LogP contribution in [0.15, 0.2) is 0 Å². The summed E-state index contributed by atoms with van der Waals surface area (Å²) in [4.78, 5) is 22.8. The van der Waals surface area contributed by atoms with E-state index in [-0.39, 0.29) is 18.0 Å². The Morgan fingerprint density at radius 1 is 1.35 bits per heavy atom. The summed E-state index contributed by atoms with van der Waals surface area (Å²) in [6, 6.07) is 0.188. The van der Waals surface area contributed by atoms with E-state index in [9.17, 15) is 9.59 Å². The third kappa shape index (κ3) is 3.19. The average Bonchev–Trinajstić information content (AvgIpc) is 2.79. The topological polar surface area (TPSA) is 64.6 Å². The lowest BCUT2D eigenvalue weighted by atomic mass is 9.94. The quantitative estimate of drug-likeness (QED) is 0.730. The molecule has 0 aromatic carbocycles. The molecule has 17 heavy (non-hydrogen) atoms. The van der Waals surface area contributed by atoms with Crippen molar-refractivity contribution in [3.63, 3.8) is 0 Å². The van der Waals surface area contributed by atoms with E-state index in [2.05, 4.69) is 10.1 Å². The summed E-state index contributed by atoms with van der Waals surface area (Å²) in [6.45, 7) is 1.96. The standard InChI is InChI=1S/C12H21NO4/c1-4-12(11(15)17-3)8-7-9(13-12)5-6-10(14)16-2/h9,13H,4-8H2,1-3H3/t9-,12+/m0/s1. The number of carbonyl (C=O) groups is 2. The SMILES string of the molecule is CC[C@]1(C(=O)OC)CC[C@H](CCC(=O)OC)N1. The predicted molar refractivity (Wildman–Crippen MR) is 62.4 cm³/mol. The van der Waals surface area contributed by atoms with Gasteiger partial charge in [-0.05, 0) is 25.7 Å². The van der Waals surface area contributed by atoms with Gasteiger partial charge in [0.1, 0.15) is 5.54 Å². The summed E-state index contributed by atoms with van der Waals surface area (Å²) in [5.41, 5.74) is -0.560. The molecule has 0 spiro atoms. The smallest absolute Gasteiger partial charge is 0.326 e. The van der Waals surface area contributed by atoms with Gasteiger partial charge in [-0.3, -0.25) is 14.9 Å². The van der Waals surface area contributed by atoms with Crippen molar-refractivity contribution in [1.82, 2.24) is 5.32 Å². The molecular weight excluding hydrogens is 222 g/mol. The molecule has 1 rings (SSSR count). The van der Waals surface area contributed by atoms with Crippen LogP contribution in [0.1, 0.15) is 39.0 Å². The van der Waals surface area contributed by atoms with Gasteiger partial charge in [-0.15, -0.1) is 0 Å². The van der Waals surface area contributed by atoms with E-state index in [0.717, 1.165) is 12.8 Å². The van der Waals surface area contributed by atoms with E-state index in [1.165, 1.54) is 14.2 Å². The van der Waals surface area contributed by atoms with Gasteiger partial charge in [0.05, 0.1) is 14.2 Å². The molecule has 0 aliphatic carbocycles. The molecule has 0 radical (unpaired) electrons. The second kappa shape index (κ2) is 6.00. The van der Waals surface area contributed by atoms with Gasteiger partial charge in [0.25, 0.3) is 0 Å². The van der Waals surface area contributed by atoms with Crippen LogP contribution in [-0.2, 0) is 19.1 Å².